The molecule has 2 aromatic carbocycles. The number of aromatic nitrogens is 6. The summed E-state index contributed by atoms with van der Waals surface area (Å²) in [5.41, 5.74) is 4.34. The summed E-state index contributed by atoms with van der Waals surface area (Å²) in [6, 6.07) is 23.2. The Morgan fingerprint density at radius 1 is 0.971 bits per heavy atom. The van der Waals surface area contributed by atoms with Gasteiger partial charge >= 0.3 is 0 Å². The van der Waals surface area contributed by atoms with Gasteiger partial charge < -0.3 is 5.32 Å². The predicted molar refractivity (Wildman–Crippen MR) is 133 cm³/mol. The lowest BCUT2D eigenvalue weighted by Crippen LogP contribution is -2.30. The minimum Gasteiger partial charge on any atom is -0.344 e. The lowest BCUT2D eigenvalue weighted by atomic mass is 10.1. The molecule has 0 saturated carbocycles. The largest absolute Gasteiger partial charge is 0.344 e. The van der Waals surface area contributed by atoms with Crippen molar-refractivity contribution >= 4 is 12.0 Å². The Bertz CT molecular complexity index is 1400. The molecule has 0 radical (unpaired) electrons. The van der Waals surface area contributed by atoms with E-state index in [9.17, 15) is 4.79 Å². The van der Waals surface area contributed by atoms with Crippen molar-refractivity contribution in [3.8, 4) is 16.9 Å². The third kappa shape index (κ3) is 5.39. The first kappa shape index (κ1) is 22.0. The molecule has 1 unspecified atom stereocenters. The van der Waals surface area contributed by atoms with E-state index in [1.165, 1.54) is 12.4 Å². The molecule has 1 atom stereocenters. The molecule has 0 aliphatic heterocycles. The number of hydrogen-bond acceptors (Lipinski definition) is 5. The van der Waals surface area contributed by atoms with Gasteiger partial charge in [-0.3, -0.25) is 14.5 Å². The van der Waals surface area contributed by atoms with Crippen LogP contribution in [0.2, 0.25) is 0 Å². The average molecular weight is 462 g/mol. The van der Waals surface area contributed by atoms with Crippen molar-refractivity contribution in [1.82, 2.24) is 34.8 Å². The van der Waals surface area contributed by atoms with Crippen LogP contribution in [0.25, 0.3) is 23.0 Å². The maximum Gasteiger partial charge on any atom is 0.244 e. The highest BCUT2D eigenvalue weighted by atomic mass is 16.1. The van der Waals surface area contributed by atoms with Crippen LogP contribution in [0.5, 0.6) is 0 Å². The van der Waals surface area contributed by atoms with Crippen LogP contribution in [0.15, 0.2) is 110 Å². The Kier molecular flexibility index (Phi) is 6.52. The lowest BCUT2D eigenvalue weighted by Gasteiger charge is -2.18. The zero-order valence-electron chi connectivity index (χ0n) is 18.8. The van der Waals surface area contributed by atoms with Gasteiger partial charge in [-0.1, -0.05) is 48.5 Å². The molecule has 35 heavy (non-hydrogen) atoms. The summed E-state index contributed by atoms with van der Waals surface area (Å²) in [6.07, 6.45) is 11.8. The van der Waals surface area contributed by atoms with E-state index in [1.807, 2.05) is 79.0 Å². The van der Waals surface area contributed by atoms with Gasteiger partial charge in [-0.2, -0.15) is 10.2 Å². The molecule has 5 rings (SSSR count). The van der Waals surface area contributed by atoms with E-state index in [-0.39, 0.29) is 11.9 Å². The molecule has 3 heterocycles. The normalized spacial score (nSPS) is 12.0. The third-order valence-corrected chi connectivity index (χ3v) is 5.47. The minimum absolute atomic E-state index is 0.219. The summed E-state index contributed by atoms with van der Waals surface area (Å²) in [7, 11) is 0. The highest BCUT2D eigenvalue weighted by molar-refractivity contribution is 5.93. The van der Waals surface area contributed by atoms with Gasteiger partial charge in [0.25, 0.3) is 0 Å². The molecule has 0 bridgehead atoms. The second-order valence-electron chi connectivity index (χ2n) is 7.88. The van der Waals surface area contributed by atoms with Crippen molar-refractivity contribution in [1.29, 1.82) is 0 Å². The van der Waals surface area contributed by atoms with E-state index in [4.69, 9.17) is 5.10 Å². The second-order valence-corrected chi connectivity index (χ2v) is 7.88. The summed E-state index contributed by atoms with van der Waals surface area (Å²) >= 11 is 0. The van der Waals surface area contributed by atoms with Crippen LogP contribution in [0.4, 0.5) is 0 Å². The van der Waals surface area contributed by atoms with Crippen molar-refractivity contribution in [2.75, 3.05) is 0 Å². The Morgan fingerprint density at radius 2 is 1.77 bits per heavy atom. The first-order chi connectivity index (χ1) is 17.3. The number of hydrogen-bond donors (Lipinski definition) is 1. The maximum absolute atomic E-state index is 13.0. The smallest absolute Gasteiger partial charge is 0.244 e. The van der Waals surface area contributed by atoms with Crippen LogP contribution in [-0.2, 0) is 11.3 Å². The minimum atomic E-state index is -0.264. The van der Waals surface area contributed by atoms with Crippen LogP contribution in [0.1, 0.15) is 17.2 Å². The van der Waals surface area contributed by atoms with Gasteiger partial charge in [0, 0.05) is 35.8 Å². The molecule has 0 saturated heterocycles. The molecular formula is C27H23N7O. The Labute approximate surface area is 202 Å². The van der Waals surface area contributed by atoms with Crippen molar-refractivity contribution in [3.05, 3.63) is 121 Å². The quantitative estimate of drug-likeness (QED) is 0.352. The monoisotopic (exact) mass is 461 g/mol. The highest BCUT2D eigenvalue weighted by Gasteiger charge is 2.15. The fourth-order valence-corrected chi connectivity index (χ4v) is 3.77. The van der Waals surface area contributed by atoms with E-state index in [2.05, 4.69) is 20.4 Å². The Morgan fingerprint density at radius 3 is 2.49 bits per heavy atom. The van der Waals surface area contributed by atoms with Crippen molar-refractivity contribution < 1.29 is 4.79 Å². The number of carbonyl (C=O) groups excluding carboxylic acids is 1. The van der Waals surface area contributed by atoms with Crippen LogP contribution >= 0.6 is 0 Å². The maximum atomic E-state index is 13.0. The van der Waals surface area contributed by atoms with Crippen molar-refractivity contribution in [3.63, 3.8) is 0 Å². The topological polar surface area (TPSA) is 90.5 Å². The molecular weight excluding hydrogens is 438 g/mol. The van der Waals surface area contributed by atoms with E-state index in [1.54, 1.807) is 34.2 Å². The lowest BCUT2D eigenvalue weighted by molar-refractivity contribution is -0.117. The predicted octanol–water partition coefficient (Wildman–Crippen LogP) is 4.10. The number of pyridine rings is 1. The molecule has 0 aliphatic carbocycles. The van der Waals surface area contributed by atoms with Gasteiger partial charge in [-0.25, -0.2) is 9.67 Å². The van der Waals surface area contributed by atoms with Crippen LogP contribution < -0.4 is 5.32 Å². The van der Waals surface area contributed by atoms with Gasteiger partial charge in [0.1, 0.15) is 18.3 Å². The zero-order valence-corrected chi connectivity index (χ0v) is 18.8. The summed E-state index contributed by atoms with van der Waals surface area (Å²) in [5, 5.41) is 12.0. The molecule has 0 aliphatic rings. The third-order valence-electron chi connectivity index (χ3n) is 5.47. The molecule has 1 N–H and O–H groups in total. The summed E-state index contributed by atoms with van der Waals surface area (Å²) in [4.78, 5) is 21.2. The summed E-state index contributed by atoms with van der Waals surface area (Å²) < 4.78 is 3.50. The van der Waals surface area contributed by atoms with Gasteiger partial charge in [-0.15, -0.1) is 0 Å². The van der Waals surface area contributed by atoms with Gasteiger partial charge in [0.2, 0.25) is 5.91 Å². The van der Waals surface area contributed by atoms with E-state index in [0.717, 1.165) is 28.1 Å². The SMILES string of the molecule is O=C(/C=C/c1cn(-c2ccccc2)nc1-c1cccnc1)NC(Cn1cncn1)c1ccccc1. The molecule has 1 amide bonds. The number of carbonyl (C=O) groups is 1. The van der Waals surface area contributed by atoms with Crippen LogP contribution in [0.3, 0.4) is 0 Å². The molecule has 5 aromatic rings. The number of para-hydroxylation sites is 1. The fraction of sp³-hybridized carbons (Fsp3) is 0.0741. The molecule has 8 heteroatoms. The first-order valence-electron chi connectivity index (χ1n) is 11.2. The number of nitrogens with one attached hydrogen (secondary N) is 1. The number of benzene rings is 2. The molecule has 0 spiro atoms. The average Bonchev–Trinajstić information content (AvgIpc) is 3.59. The summed E-state index contributed by atoms with van der Waals surface area (Å²) in [6.45, 7) is 0.469. The van der Waals surface area contributed by atoms with E-state index in [0.29, 0.717) is 6.54 Å². The van der Waals surface area contributed by atoms with Crippen LogP contribution in [0, 0.1) is 0 Å². The van der Waals surface area contributed by atoms with Crippen LogP contribution in [-0.4, -0.2) is 35.4 Å². The Balaban J connectivity index is 1.41. The highest BCUT2D eigenvalue weighted by Crippen LogP contribution is 2.24. The zero-order chi connectivity index (χ0) is 23.9. The van der Waals surface area contributed by atoms with Crippen molar-refractivity contribution in [2.24, 2.45) is 0 Å². The number of amides is 1. The van der Waals surface area contributed by atoms with E-state index < -0.39 is 0 Å². The number of rotatable bonds is 8. The number of nitrogens with zero attached hydrogens (tertiary/aromatic N) is 6. The van der Waals surface area contributed by atoms with Crippen molar-refractivity contribution in [2.45, 2.75) is 12.6 Å². The Hall–Kier alpha value is -4.85. The van der Waals surface area contributed by atoms with Gasteiger partial charge in [0.15, 0.2) is 0 Å². The van der Waals surface area contributed by atoms with E-state index >= 15 is 0 Å². The molecule has 0 fully saturated rings. The second kappa shape index (κ2) is 10.4. The first-order valence-corrected chi connectivity index (χ1v) is 11.2. The van der Waals surface area contributed by atoms with Gasteiger partial charge in [0.05, 0.1) is 18.3 Å². The molecule has 172 valence electrons. The molecule has 8 nitrogen and oxygen atoms in total. The molecule has 3 aromatic heterocycles. The fourth-order valence-electron chi connectivity index (χ4n) is 3.77. The van der Waals surface area contributed by atoms with Gasteiger partial charge in [-0.05, 0) is 35.9 Å². The standard InChI is InChI=1S/C27H23N7O/c35-26(31-25(18-33-20-29-19-30-33)21-8-3-1-4-9-21)14-13-23-17-34(24-11-5-2-6-12-24)32-27(23)22-10-7-15-28-16-22/h1-17,19-20,25H,18H2,(H,31,35)/b14-13+. The summed E-state index contributed by atoms with van der Waals surface area (Å²) in [5.74, 6) is -0.219.